The molecule has 2 N–H and O–H groups in total. The SMILES string of the molecule is CN(c1ccccc1Cn1ccc2cnc(Nc3ccc(N(C)[C@H]4CC[C@H](O)CC4)cc3)nc21)S(C)(=O)=O. The first kappa shape index (κ1) is 26.0. The van der Waals surface area contributed by atoms with Crippen LogP contribution in [-0.2, 0) is 16.6 Å². The lowest BCUT2D eigenvalue weighted by atomic mass is 9.92. The Hall–Kier alpha value is -3.63. The molecule has 0 unspecified atom stereocenters. The molecular weight excluding hydrogens is 500 g/mol. The first-order chi connectivity index (χ1) is 18.2. The average molecular weight is 535 g/mol. The first-order valence-corrected chi connectivity index (χ1v) is 14.7. The molecule has 200 valence electrons. The van der Waals surface area contributed by atoms with Gasteiger partial charge in [0.2, 0.25) is 16.0 Å². The Morgan fingerprint density at radius 1 is 1.03 bits per heavy atom. The van der Waals surface area contributed by atoms with Gasteiger partial charge in [0.25, 0.3) is 0 Å². The van der Waals surface area contributed by atoms with Crippen LogP contribution < -0.4 is 14.5 Å². The zero-order valence-corrected chi connectivity index (χ0v) is 22.8. The lowest BCUT2D eigenvalue weighted by molar-refractivity contribution is 0.122. The number of aromatic nitrogens is 3. The van der Waals surface area contributed by atoms with Gasteiger partial charge in [-0.05, 0) is 67.6 Å². The van der Waals surface area contributed by atoms with Crippen molar-refractivity contribution in [3.05, 3.63) is 72.6 Å². The molecule has 1 aliphatic rings. The minimum absolute atomic E-state index is 0.159. The number of aliphatic hydroxyl groups is 1. The number of hydrogen-bond donors (Lipinski definition) is 2. The molecule has 10 heteroatoms. The van der Waals surface area contributed by atoms with Crippen LogP contribution in [0.15, 0.2) is 67.0 Å². The molecule has 0 aliphatic heterocycles. The largest absolute Gasteiger partial charge is 0.393 e. The Bertz CT molecular complexity index is 1510. The molecule has 0 bridgehead atoms. The fraction of sp³-hybridized carbons (Fsp3) is 0.357. The average Bonchev–Trinajstić information content (AvgIpc) is 3.30. The summed E-state index contributed by atoms with van der Waals surface area (Å²) in [7, 11) is 0.294. The van der Waals surface area contributed by atoms with Crippen LogP contribution in [0.1, 0.15) is 31.2 Å². The molecule has 0 saturated heterocycles. The van der Waals surface area contributed by atoms with E-state index >= 15 is 0 Å². The van der Waals surface area contributed by atoms with Crippen molar-refractivity contribution in [1.29, 1.82) is 0 Å². The van der Waals surface area contributed by atoms with Gasteiger partial charge < -0.3 is 19.9 Å². The summed E-state index contributed by atoms with van der Waals surface area (Å²) in [6, 6.07) is 18.1. The van der Waals surface area contributed by atoms with E-state index in [1.165, 1.54) is 10.6 Å². The van der Waals surface area contributed by atoms with Gasteiger partial charge in [-0.2, -0.15) is 4.98 Å². The zero-order valence-electron chi connectivity index (χ0n) is 21.9. The molecule has 4 aromatic rings. The summed E-state index contributed by atoms with van der Waals surface area (Å²) in [4.78, 5) is 11.5. The van der Waals surface area contributed by atoms with Crippen molar-refractivity contribution in [2.45, 2.75) is 44.4 Å². The smallest absolute Gasteiger partial charge is 0.232 e. The van der Waals surface area contributed by atoms with E-state index in [-0.39, 0.29) is 6.10 Å². The lowest BCUT2D eigenvalue weighted by Crippen LogP contribution is -2.36. The van der Waals surface area contributed by atoms with E-state index in [9.17, 15) is 13.5 Å². The molecule has 1 fully saturated rings. The topological polar surface area (TPSA) is 104 Å². The molecule has 0 radical (unpaired) electrons. The summed E-state index contributed by atoms with van der Waals surface area (Å²) in [5.74, 6) is 0.487. The van der Waals surface area contributed by atoms with Gasteiger partial charge >= 0.3 is 0 Å². The van der Waals surface area contributed by atoms with Crippen LogP contribution in [0.2, 0.25) is 0 Å². The second kappa shape index (κ2) is 10.6. The van der Waals surface area contributed by atoms with E-state index in [0.29, 0.717) is 24.2 Å². The summed E-state index contributed by atoms with van der Waals surface area (Å²) in [5, 5.41) is 14.0. The lowest BCUT2D eigenvalue weighted by Gasteiger charge is -2.34. The predicted molar refractivity (Wildman–Crippen MR) is 153 cm³/mol. The molecule has 0 amide bonds. The quantitative estimate of drug-likeness (QED) is 0.346. The number of hydrogen-bond acceptors (Lipinski definition) is 7. The molecule has 0 spiro atoms. The van der Waals surface area contributed by atoms with Gasteiger partial charge in [0, 0.05) is 49.3 Å². The van der Waals surface area contributed by atoms with Crippen LogP contribution >= 0.6 is 0 Å². The summed E-state index contributed by atoms with van der Waals surface area (Å²) in [6.07, 6.45) is 8.48. The number of nitrogens with zero attached hydrogens (tertiary/aromatic N) is 5. The van der Waals surface area contributed by atoms with E-state index < -0.39 is 10.0 Å². The Morgan fingerprint density at radius 3 is 2.45 bits per heavy atom. The van der Waals surface area contributed by atoms with Gasteiger partial charge in [-0.15, -0.1) is 0 Å². The maximum atomic E-state index is 12.1. The highest BCUT2D eigenvalue weighted by Gasteiger charge is 2.23. The first-order valence-electron chi connectivity index (χ1n) is 12.8. The predicted octanol–water partition coefficient (Wildman–Crippen LogP) is 4.36. The van der Waals surface area contributed by atoms with Gasteiger partial charge in [0.1, 0.15) is 5.65 Å². The monoisotopic (exact) mass is 534 g/mol. The third kappa shape index (κ3) is 5.61. The molecule has 5 rings (SSSR count). The van der Waals surface area contributed by atoms with Crippen molar-refractivity contribution < 1.29 is 13.5 Å². The van der Waals surface area contributed by atoms with Crippen LogP contribution in [0, 0.1) is 0 Å². The maximum Gasteiger partial charge on any atom is 0.232 e. The molecule has 2 aromatic carbocycles. The number of rotatable bonds is 8. The Labute approximate surface area is 223 Å². The molecule has 0 atom stereocenters. The highest BCUT2D eigenvalue weighted by atomic mass is 32.2. The number of aliphatic hydroxyl groups excluding tert-OH is 1. The van der Waals surface area contributed by atoms with Gasteiger partial charge in [-0.25, -0.2) is 13.4 Å². The maximum absolute atomic E-state index is 12.1. The van der Waals surface area contributed by atoms with Crippen molar-refractivity contribution in [1.82, 2.24) is 14.5 Å². The number of benzene rings is 2. The van der Waals surface area contributed by atoms with E-state index in [4.69, 9.17) is 4.98 Å². The summed E-state index contributed by atoms with van der Waals surface area (Å²) < 4.78 is 27.6. The van der Waals surface area contributed by atoms with E-state index in [0.717, 1.165) is 53.7 Å². The van der Waals surface area contributed by atoms with Crippen molar-refractivity contribution in [2.75, 3.05) is 34.9 Å². The summed E-state index contributed by atoms with van der Waals surface area (Å²) in [5.41, 5.74) is 4.30. The number of para-hydroxylation sites is 1. The number of sulfonamides is 1. The fourth-order valence-corrected chi connectivity index (χ4v) is 5.57. The molecular formula is C28H34N6O3S. The minimum atomic E-state index is -3.38. The van der Waals surface area contributed by atoms with Crippen LogP contribution in [0.3, 0.4) is 0 Å². The second-order valence-corrected chi connectivity index (χ2v) is 12.0. The Kier molecular flexibility index (Phi) is 7.27. The van der Waals surface area contributed by atoms with Crippen molar-refractivity contribution in [3.63, 3.8) is 0 Å². The van der Waals surface area contributed by atoms with Gasteiger partial charge in [-0.3, -0.25) is 4.31 Å². The molecule has 9 nitrogen and oxygen atoms in total. The molecule has 1 aliphatic carbocycles. The van der Waals surface area contributed by atoms with Crippen LogP contribution in [0.4, 0.5) is 23.0 Å². The Morgan fingerprint density at radius 2 is 1.74 bits per heavy atom. The van der Waals surface area contributed by atoms with Crippen molar-refractivity contribution in [3.8, 4) is 0 Å². The molecule has 1 saturated carbocycles. The molecule has 38 heavy (non-hydrogen) atoms. The fourth-order valence-electron chi connectivity index (χ4n) is 5.04. The van der Waals surface area contributed by atoms with E-state index in [2.05, 4.69) is 34.4 Å². The van der Waals surface area contributed by atoms with Crippen molar-refractivity contribution in [2.24, 2.45) is 0 Å². The molecule has 2 aromatic heterocycles. The summed E-state index contributed by atoms with van der Waals surface area (Å²) in [6.45, 7) is 0.467. The van der Waals surface area contributed by atoms with Crippen molar-refractivity contribution >= 4 is 44.1 Å². The summed E-state index contributed by atoms with van der Waals surface area (Å²) >= 11 is 0. The van der Waals surface area contributed by atoms with E-state index in [1.807, 2.05) is 53.2 Å². The number of anilines is 4. The highest BCUT2D eigenvalue weighted by Crippen LogP contribution is 2.28. The number of nitrogens with one attached hydrogen (secondary N) is 1. The zero-order chi connectivity index (χ0) is 26.9. The van der Waals surface area contributed by atoms with Crippen LogP contribution in [0.5, 0.6) is 0 Å². The minimum Gasteiger partial charge on any atom is -0.393 e. The number of fused-ring (bicyclic) bond motifs is 1. The highest BCUT2D eigenvalue weighted by molar-refractivity contribution is 7.92. The van der Waals surface area contributed by atoms with Crippen LogP contribution in [-0.4, -0.2) is 60.6 Å². The van der Waals surface area contributed by atoms with Gasteiger partial charge in [0.05, 0.1) is 24.6 Å². The van der Waals surface area contributed by atoms with Gasteiger partial charge in [0.15, 0.2) is 0 Å². The van der Waals surface area contributed by atoms with Crippen LogP contribution in [0.25, 0.3) is 11.0 Å². The Balaban J connectivity index is 1.33. The third-order valence-corrected chi connectivity index (χ3v) is 8.61. The third-order valence-electron chi connectivity index (χ3n) is 7.42. The molecule has 2 heterocycles. The van der Waals surface area contributed by atoms with Gasteiger partial charge in [-0.1, -0.05) is 18.2 Å². The van der Waals surface area contributed by atoms with E-state index in [1.54, 1.807) is 13.2 Å². The second-order valence-electron chi connectivity index (χ2n) is 10.0. The standard InChI is InChI=1S/C28H34N6O3S/c1-32(24-12-14-25(35)15-13-24)23-10-8-22(9-11-23)30-28-29-18-20-16-17-34(27(20)31-28)19-21-6-4-5-7-26(21)33(2)38(3,36)37/h4-11,16-18,24-25,35H,12-15,19H2,1-3H3,(H,29,30,31)/t24-,25-. The normalized spacial score (nSPS) is 17.9.